The van der Waals surface area contributed by atoms with Crippen molar-refractivity contribution in [3.8, 4) is 0 Å². The van der Waals surface area contributed by atoms with Gasteiger partial charge >= 0.3 is 0 Å². The lowest BCUT2D eigenvalue weighted by atomic mass is 10.1. The first-order valence-electron chi connectivity index (χ1n) is 5.23. The fourth-order valence-electron chi connectivity index (χ4n) is 1.57. The van der Waals surface area contributed by atoms with E-state index in [1.807, 2.05) is 25.1 Å². The number of aryl methyl sites for hydroxylation is 2. The summed E-state index contributed by atoms with van der Waals surface area (Å²) in [4.78, 5) is 12.0. The molecule has 0 bridgehead atoms. The van der Waals surface area contributed by atoms with Crippen LogP contribution in [0.15, 0.2) is 30.5 Å². The minimum absolute atomic E-state index is 0.191. The summed E-state index contributed by atoms with van der Waals surface area (Å²) in [5, 5.41) is 6.70. The Balaban J connectivity index is 2.23. The summed E-state index contributed by atoms with van der Waals surface area (Å²) in [6.07, 6.45) is 1.51. The number of hydrogen-bond donors (Lipinski definition) is 2. The molecule has 3 N–H and O–H groups in total. The number of nitrogens with two attached hydrogens (primary N) is 1. The molecule has 0 fully saturated rings. The Kier molecular flexibility index (Phi) is 2.82. The Bertz CT molecular complexity index is 540. The zero-order valence-electron chi connectivity index (χ0n) is 9.77. The molecule has 0 saturated heterocycles. The van der Waals surface area contributed by atoms with E-state index in [2.05, 4.69) is 10.4 Å². The van der Waals surface area contributed by atoms with Crippen molar-refractivity contribution in [2.45, 2.75) is 6.92 Å². The molecule has 0 saturated carbocycles. The topological polar surface area (TPSA) is 72.9 Å². The van der Waals surface area contributed by atoms with Crippen LogP contribution in [-0.2, 0) is 7.05 Å². The molecule has 0 spiro atoms. The van der Waals surface area contributed by atoms with Gasteiger partial charge in [0.05, 0.1) is 11.9 Å². The molecule has 88 valence electrons. The zero-order chi connectivity index (χ0) is 12.4. The zero-order valence-corrected chi connectivity index (χ0v) is 9.77. The number of rotatable bonds is 2. The lowest BCUT2D eigenvalue weighted by molar-refractivity contribution is 0.102. The van der Waals surface area contributed by atoms with Gasteiger partial charge in [-0.1, -0.05) is 17.7 Å². The number of amides is 1. The molecule has 5 heteroatoms. The second kappa shape index (κ2) is 4.29. The highest BCUT2D eigenvalue weighted by Gasteiger charge is 2.11. The van der Waals surface area contributed by atoms with E-state index in [0.717, 1.165) is 5.56 Å². The molecule has 0 aliphatic heterocycles. The van der Waals surface area contributed by atoms with Crippen molar-refractivity contribution in [2.24, 2.45) is 7.05 Å². The van der Waals surface area contributed by atoms with Gasteiger partial charge in [0.1, 0.15) is 0 Å². The highest BCUT2D eigenvalue weighted by atomic mass is 16.1. The van der Waals surface area contributed by atoms with Crippen molar-refractivity contribution in [3.05, 3.63) is 41.6 Å². The summed E-state index contributed by atoms with van der Waals surface area (Å²) in [5.74, 6) is 0.320. The predicted octanol–water partition coefficient (Wildman–Crippen LogP) is 1.56. The van der Waals surface area contributed by atoms with Crippen molar-refractivity contribution >= 4 is 17.4 Å². The minimum Gasteiger partial charge on any atom is -0.394 e. The first-order valence-corrected chi connectivity index (χ1v) is 5.23. The Hall–Kier alpha value is -2.30. The lowest BCUT2D eigenvalue weighted by Crippen LogP contribution is -2.15. The average molecular weight is 230 g/mol. The number of nitrogens with one attached hydrogen (secondary N) is 1. The summed E-state index contributed by atoms with van der Waals surface area (Å²) in [7, 11) is 1.72. The van der Waals surface area contributed by atoms with Gasteiger partial charge in [-0.3, -0.25) is 9.48 Å². The number of carbonyl (C=O) groups is 1. The molecule has 0 unspecified atom stereocenters. The number of benzene rings is 1. The lowest BCUT2D eigenvalue weighted by Gasteiger charge is -2.06. The minimum atomic E-state index is -0.191. The monoisotopic (exact) mass is 230 g/mol. The highest BCUT2D eigenvalue weighted by molar-refractivity contribution is 6.05. The van der Waals surface area contributed by atoms with Gasteiger partial charge in [0, 0.05) is 12.6 Å². The number of carbonyl (C=O) groups excluding carboxylic acids is 1. The molecule has 2 rings (SSSR count). The number of anilines is 2. The number of hydrogen-bond acceptors (Lipinski definition) is 3. The maximum Gasteiger partial charge on any atom is 0.256 e. The molecular weight excluding hydrogens is 216 g/mol. The van der Waals surface area contributed by atoms with E-state index < -0.39 is 0 Å². The molecule has 2 aromatic rings. The van der Waals surface area contributed by atoms with E-state index in [9.17, 15) is 4.79 Å². The van der Waals surface area contributed by atoms with Gasteiger partial charge in [-0.25, -0.2) is 0 Å². The van der Waals surface area contributed by atoms with Crippen LogP contribution in [0.25, 0.3) is 0 Å². The Morgan fingerprint density at radius 1 is 1.47 bits per heavy atom. The molecule has 1 aromatic carbocycles. The van der Waals surface area contributed by atoms with E-state index in [4.69, 9.17) is 5.73 Å². The van der Waals surface area contributed by atoms with Crippen LogP contribution in [0.5, 0.6) is 0 Å². The third kappa shape index (κ3) is 2.28. The van der Waals surface area contributed by atoms with Crippen LogP contribution in [0.3, 0.4) is 0 Å². The third-order valence-electron chi connectivity index (χ3n) is 2.48. The SMILES string of the molecule is Cc1cccc(C(=O)Nc2c(N)cnn2C)c1. The number of nitrogen functional groups attached to an aromatic ring is 1. The maximum atomic E-state index is 12.0. The quantitative estimate of drug-likeness (QED) is 0.822. The van der Waals surface area contributed by atoms with Crippen LogP contribution in [0.2, 0.25) is 0 Å². The molecule has 0 radical (unpaired) electrons. The van der Waals surface area contributed by atoms with Crippen LogP contribution in [0.4, 0.5) is 11.5 Å². The van der Waals surface area contributed by atoms with Gasteiger partial charge in [-0.05, 0) is 19.1 Å². The molecule has 17 heavy (non-hydrogen) atoms. The molecule has 0 aliphatic carbocycles. The van der Waals surface area contributed by atoms with E-state index in [1.165, 1.54) is 10.9 Å². The van der Waals surface area contributed by atoms with Gasteiger partial charge in [0.25, 0.3) is 5.91 Å². The molecular formula is C12H14N4O. The molecule has 1 amide bonds. The normalized spacial score (nSPS) is 10.2. The van der Waals surface area contributed by atoms with Crippen LogP contribution >= 0.6 is 0 Å². The van der Waals surface area contributed by atoms with Crippen molar-refractivity contribution in [1.82, 2.24) is 9.78 Å². The fraction of sp³-hybridized carbons (Fsp3) is 0.167. The van der Waals surface area contributed by atoms with Crippen LogP contribution in [0, 0.1) is 6.92 Å². The summed E-state index contributed by atoms with van der Waals surface area (Å²) < 4.78 is 1.53. The highest BCUT2D eigenvalue weighted by Crippen LogP contribution is 2.17. The second-order valence-electron chi connectivity index (χ2n) is 3.90. The maximum absolute atomic E-state index is 12.0. The van der Waals surface area contributed by atoms with Gasteiger partial charge < -0.3 is 11.1 Å². The van der Waals surface area contributed by atoms with E-state index in [0.29, 0.717) is 17.1 Å². The molecule has 0 aliphatic rings. The largest absolute Gasteiger partial charge is 0.394 e. The standard InChI is InChI=1S/C12H14N4O/c1-8-4-3-5-9(6-8)12(17)15-11-10(13)7-14-16(11)2/h3-7H,13H2,1-2H3,(H,15,17). The van der Waals surface area contributed by atoms with Gasteiger partial charge in [-0.2, -0.15) is 5.10 Å². The van der Waals surface area contributed by atoms with Crippen LogP contribution in [-0.4, -0.2) is 15.7 Å². The molecule has 0 atom stereocenters. The molecule has 1 aromatic heterocycles. The smallest absolute Gasteiger partial charge is 0.256 e. The van der Waals surface area contributed by atoms with Crippen molar-refractivity contribution < 1.29 is 4.79 Å². The Morgan fingerprint density at radius 2 is 2.24 bits per heavy atom. The van der Waals surface area contributed by atoms with Crippen LogP contribution in [0.1, 0.15) is 15.9 Å². The first-order chi connectivity index (χ1) is 8.08. The van der Waals surface area contributed by atoms with Crippen molar-refractivity contribution in [1.29, 1.82) is 0 Å². The van der Waals surface area contributed by atoms with Crippen molar-refractivity contribution in [2.75, 3.05) is 11.1 Å². The Labute approximate surface area is 99.2 Å². The van der Waals surface area contributed by atoms with E-state index >= 15 is 0 Å². The molecule has 5 nitrogen and oxygen atoms in total. The van der Waals surface area contributed by atoms with Gasteiger partial charge in [0.2, 0.25) is 0 Å². The number of aromatic nitrogens is 2. The summed E-state index contributed by atoms with van der Waals surface area (Å²) in [6.45, 7) is 1.94. The van der Waals surface area contributed by atoms with Gasteiger partial charge in [0.15, 0.2) is 5.82 Å². The second-order valence-corrected chi connectivity index (χ2v) is 3.90. The van der Waals surface area contributed by atoms with Gasteiger partial charge in [-0.15, -0.1) is 0 Å². The predicted molar refractivity (Wildman–Crippen MR) is 66.8 cm³/mol. The first kappa shape index (κ1) is 11.2. The molecule has 1 heterocycles. The summed E-state index contributed by atoms with van der Waals surface area (Å²) in [6, 6.07) is 7.36. The average Bonchev–Trinajstić information content (AvgIpc) is 2.61. The Morgan fingerprint density at radius 3 is 2.82 bits per heavy atom. The third-order valence-corrected chi connectivity index (χ3v) is 2.48. The van der Waals surface area contributed by atoms with Crippen molar-refractivity contribution in [3.63, 3.8) is 0 Å². The fourth-order valence-corrected chi connectivity index (χ4v) is 1.57. The summed E-state index contributed by atoms with van der Waals surface area (Å²) in [5.41, 5.74) is 7.79. The van der Waals surface area contributed by atoms with E-state index in [1.54, 1.807) is 13.1 Å². The number of nitrogens with zero attached hydrogens (tertiary/aromatic N) is 2. The van der Waals surface area contributed by atoms with Crippen LogP contribution < -0.4 is 11.1 Å². The van der Waals surface area contributed by atoms with E-state index in [-0.39, 0.29) is 5.91 Å². The summed E-state index contributed by atoms with van der Waals surface area (Å²) >= 11 is 0.